The average Bonchev–Trinajstić information content (AvgIpc) is 3.45. The van der Waals surface area contributed by atoms with Gasteiger partial charge in [0.2, 0.25) is 0 Å². The Bertz CT molecular complexity index is 1020. The molecule has 2 aliphatic rings. The monoisotopic (exact) mass is 410 g/mol. The van der Waals surface area contributed by atoms with Crippen molar-refractivity contribution in [2.45, 2.75) is 51.0 Å². The molecule has 1 aliphatic carbocycles. The van der Waals surface area contributed by atoms with E-state index in [2.05, 4.69) is 31.4 Å². The molecule has 0 radical (unpaired) electrons. The zero-order valence-corrected chi connectivity index (χ0v) is 17.8. The van der Waals surface area contributed by atoms with E-state index < -0.39 is 5.60 Å². The molecule has 8 heteroatoms. The Morgan fingerprint density at radius 3 is 2.80 bits per heavy atom. The van der Waals surface area contributed by atoms with Crippen molar-refractivity contribution < 1.29 is 9.84 Å². The molecule has 0 amide bonds. The second kappa shape index (κ2) is 7.44. The molecule has 3 aromatic heterocycles. The number of methoxy groups -OCH3 is 1. The molecule has 160 valence electrons. The van der Waals surface area contributed by atoms with Crippen LogP contribution in [0.2, 0.25) is 0 Å². The Morgan fingerprint density at radius 2 is 2.07 bits per heavy atom. The van der Waals surface area contributed by atoms with Crippen LogP contribution in [-0.4, -0.2) is 61.3 Å². The van der Waals surface area contributed by atoms with Crippen LogP contribution in [0.4, 0.5) is 0 Å². The van der Waals surface area contributed by atoms with E-state index in [1.54, 1.807) is 21.0 Å². The fourth-order valence-electron chi connectivity index (χ4n) is 5.26. The first kappa shape index (κ1) is 19.7. The molecule has 3 aromatic rings. The zero-order valence-electron chi connectivity index (χ0n) is 17.8. The third kappa shape index (κ3) is 3.53. The van der Waals surface area contributed by atoms with Gasteiger partial charge in [-0.2, -0.15) is 0 Å². The van der Waals surface area contributed by atoms with Gasteiger partial charge in [0, 0.05) is 56.2 Å². The first-order valence-corrected chi connectivity index (χ1v) is 10.7. The van der Waals surface area contributed by atoms with Gasteiger partial charge in [0.1, 0.15) is 11.3 Å². The lowest BCUT2D eigenvalue weighted by Crippen LogP contribution is -2.37. The van der Waals surface area contributed by atoms with E-state index in [4.69, 9.17) is 4.74 Å². The van der Waals surface area contributed by atoms with Crippen molar-refractivity contribution in [2.75, 3.05) is 20.2 Å². The number of hydrogen-bond acceptors (Lipinski definition) is 6. The lowest BCUT2D eigenvalue weighted by molar-refractivity contribution is -0.00555. The number of nitrogens with one attached hydrogen (secondary N) is 1. The lowest BCUT2D eigenvalue weighted by Gasteiger charge is -2.37. The molecule has 2 N–H and O–H groups in total. The number of pyridine rings is 1. The first-order chi connectivity index (χ1) is 14.4. The van der Waals surface area contributed by atoms with Crippen molar-refractivity contribution >= 4 is 10.9 Å². The molecule has 0 bridgehead atoms. The van der Waals surface area contributed by atoms with E-state index in [9.17, 15) is 5.11 Å². The molecule has 1 saturated carbocycles. The molecule has 30 heavy (non-hydrogen) atoms. The van der Waals surface area contributed by atoms with Crippen molar-refractivity contribution in [2.24, 2.45) is 11.8 Å². The van der Waals surface area contributed by atoms with Crippen LogP contribution in [0, 0.1) is 11.8 Å². The largest absolute Gasteiger partial charge is 0.384 e. The van der Waals surface area contributed by atoms with Gasteiger partial charge >= 0.3 is 0 Å². The predicted molar refractivity (Wildman–Crippen MR) is 113 cm³/mol. The van der Waals surface area contributed by atoms with Crippen molar-refractivity contribution in [3.05, 3.63) is 42.1 Å². The summed E-state index contributed by atoms with van der Waals surface area (Å²) in [5.74, 6) is 1.24. The third-order valence-corrected chi connectivity index (χ3v) is 6.90. The van der Waals surface area contributed by atoms with Gasteiger partial charge in [-0.05, 0) is 50.2 Å². The molecule has 0 aromatic carbocycles. The highest BCUT2D eigenvalue weighted by Gasteiger charge is 2.43. The molecule has 1 saturated heterocycles. The number of likely N-dealkylation sites (tertiary alicyclic amines) is 1. The second-order valence-corrected chi connectivity index (χ2v) is 9.41. The summed E-state index contributed by atoms with van der Waals surface area (Å²) in [6.45, 7) is 6.59. The fraction of sp³-hybridized carbons (Fsp3) is 0.591. The average molecular weight is 411 g/mol. The Hall–Kier alpha value is -2.29. The number of ether oxygens (including phenoxy) is 1. The normalized spacial score (nSPS) is 27.6. The Labute approximate surface area is 176 Å². The van der Waals surface area contributed by atoms with E-state index in [-0.39, 0.29) is 12.1 Å². The quantitative estimate of drug-likeness (QED) is 0.671. The van der Waals surface area contributed by atoms with E-state index in [1.165, 1.54) is 10.9 Å². The fourth-order valence-corrected chi connectivity index (χ4v) is 5.26. The summed E-state index contributed by atoms with van der Waals surface area (Å²) in [7, 11) is 1.79. The smallest absolute Gasteiger partial charge is 0.114 e. The minimum Gasteiger partial charge on any atom is -0.384 e. The van der Waals surface area contributed by atoms with E-state index >= 15 is 0 Å². The lowest BCUT2D eigenvalue weighted by atomic mass is 9.77. The van der Waals surface area contributed by atoms with E-state index in [0.29, 0.717) is 17.5 Å². The molecule has 0 unspecified atom stereocenters. The van der Waals surface area contributed by atoms with Gasteiger partial charge in [-0.3, -0.25) is 9.88 Å². The van der Waals surface area contributed by atoms with E-state index in [1.807, 2.05) is 29.3 Å². The molecule has 4 heterocycles. The van der Waals surface area contributed by atoms with Crippen LogP contribution in [0.25, 0.3) is 10.9 Å². The van der Waals surface area contributed by atoms with Crippen molar-refractivity contribution in [3.8, 4) is 0 Å². The van der Waals surface area contributed by atoms with Crippen molar-refractivity contribution in [1.82, 2.24) is 29.9 Å². The molecular weight excluding hydrogens is 380 g/mol. The maximum absolute atomic E-state index is 10.2. The third-order valence-electron chi connectivity index (χ3n) is 6.90. The first-order valence-electron chi connectivity index (χ1n) is 10.7. The highest BCUT2D eigenvalue weighted by Crippen LogP contribution is 2.42. The van der Waals surface area contributed by atoms with Gasteiger partial charge in [0.25, 0.3) is 0 Å². The maximum Gasteiger partial charge on any atom is 0.114 e. The number of fused-ring (bicyclic) bond motifs is 2. The van der Waals surface area contributed by atoms with Crippen LogP contribution >= 0.6 is 0 Å². The number of nitrogens with zero attached hydrogens (tertiary/aromatic N) is 5. The molecule has 0 spiro atoms. The molecule has 1 aliphatic heterocycles. The number of aromatic nitrogens is 5. The topological polar surface area (TPSA) is 92.1 Å². The number of rotatable bonds is 5. The van der Waals surface area contributed by atoms with Crippen LogP contribution in [0.15, 0.2) is 30.9 Å². The van der Waals surface area contributed by atoms with Crippen molar-refractivity contribution in [3.63, 3.8) is 0 Å². The van der Waals surface area contributed by atoms with Gasteiger partial charge in [-0.1, -0.05) is 5.21 Å². The summed E-state index contributed by atoms with van der Waals surface area (Å²) in [5.41, 5.74) is 2.06. The van der Waals surface area contributed by atoms with Crippen LogP contribution in [0.5, 0.6) is 0 Å². The van der Waals surface area contributed by atoms with Crippen LogP contribution in [0.3, 0.4) is 0 Å². The van der Waals surface area contributed by atoms with Crippen LogP contribution < -0.4 is 0 Å². The summed E-state index contributed by atoms with van der Waals surface area (Å²) in [5, 5.41) is 20.0. The molecule has 5 rings (SSSR count). The molecular formula is C22H30N6O2. The number of hydrogen-bond donors (Lipinski definition) is 2. The standard InChI is InChI=1S/C22H30N6O2/c1-22(2,29)21-13-28(26-25-21)19-6-14-10-27(11-15(14)7-20(19)30-3)12-16-8-24-18-4-5-23-9-17(16)18/h4-5,8-9,13-15,19-20,24,29H,6-7,10-12H2,1-3H3/t14-,15+,19-,20-/m1/s1. The van der Waals surface area contributed by atoms with Gasteiger partial charge in [0.05, 0.1) is 18.3 Å². The Kier molecular flexibility index (Phi) is 4.88. The number of aliphatic hydroxyl groups is 1. The minimum atomic E-state index is -0.990. The SMILES string of the molecule is CO[C@@H]1C[C@H]2CN(Cc3c[nH]c4ccncc34)C[C@H]2C[C@H]1n1cc(C(C)(C)O)nn1. The van der Waals surface area contributed by atoms with Crippen molar-refractivity contribution in [1.29, 1.82) is 0 Å². The van der Waals surface area contributed by atoms with Gasteiger partial charge < -0.3 is 14.8 Å². The van der Waals surface area contributed by atoms with Gasteiger partial charge in [0.15, 0.2) is 0 Å². The Balaban J connectivity index is 1.31. The maximum atomic E-state index is 10.2. The van der Waals surface area contributed by atoms with Crippen LogP contribution in [0.1, 0.15) is 44.0 Å². The summed E-state index contributed by atoms with van der Waals surface area (Å²) in [6.07, 6.45) is 9.92. The predicted octanol–water partition coefficient (Wildman–Crippen LogP) is 2.48. The van der Waals surface area contributed by atoms with Gasteiger partial charge in [-0.15, -0.1) is 5.10 Å². The minimum absolute atomic E-state index is 0.111. The highest BCUT2D eigenvalue weighted by molar-refractivity contribution is 5.81. The summed E-state index contributed by atoms with van der Waals surface area (Å²) in [4.78, 5) is 10.2. The highest BCUT2D eigenvalue weighted by atomic mass is 16.5. The van der Waals surface area contributed by atoms with Gasteiger partial charge in [-0.25, -0.2) is 4.68 Å². The Morgan fingerprint density at radius 1 is 1.27 bits per heavy atom. The number of aromatic amines is 1. The zero-order chi connectivity index (χ0) is 20.9. The summed E-state index contributed by atoms with van der Waals surface area (Å²) < 4.78 is 7.79. The van der Waals surface area contributed by atoms with Crippen LogP contribution in [-0.2, 0) is 16.9 Å². The second-order valence-electron chi connectivity index (χ2n) is 9.41. The summed E-state index contributed by atoms with van der Waals surface area (Å²) >= 11 is 0. The molecule has 4 atom stereocenters. The van der Waals surface area contributed by atoms with E-state index in [0.717, 1.165) is 38.0 Å². The molecule has 8 nitrogen and oxygen atoms in total. The number of H-pyrrole nitrogens is 1. The molecule has 2 fully saturated rings. The summed E-state index contributed by atoms with van der Waals surface area (Å²) in [6, 6.07) is 2.17.